The summed E-state index contributed by atoms with van der Waals surface area (Å²) < 4.78 is 0. The molecule has 0 heterocycles. The van der Waals surface area contributed by atoms with Gasteiger partial charge in [-0.25, -0.2) is 0 Å². The van der Waals surface area contributed by atoms with E-state index in [1.54, 1.807) is 0 Å². The van der Waals surface area contributed by atoms with Crippen LogP contribution in [-0.2, 0) is 4.79 Å². The summed E-state index contributed by atoms with van der Waals surface area (Å²) in [5.41, 5.74) is 1.48. The van der Waals surface area contributed by atoms with Crippen LogP contribution >= 0.6 is 34.8 Å². The Hall–Kier alpha value is -1.26. The lowest BCUT2D eigenvalue weighted by Gasteiger charge is -2.15. The molecule has 0 fully saturated rings. The van der Waals surface area contributed by atoms with Gasteiger partial charge in [-0.1, -0.05) is 65.1 Å². The third-order valence-electron chi connectivity index (χ3n) is 3.14. The summed E-state index contributed by atoms with van der Waals surface area (Å²) in [5.74, 6) is -0.228. The topological polar surface area (TPSA) is 41.1 Å². The zero-order valence-electron chi connectivity index (χ0n) is 11.9. The Morgan fingerprint density at radius 2 is 1.68 bits per heavy atom. The molecule has 0 aliphatic rings. The predicted molar refractivity (Wildman–Crippen MR) is 93.0 cm³/mol. The Kier molecular flexibility index (Phi) is 6.09. The SMILES string of the molecule is C[C@@H](NCC(=O)Nc1c(Cl)cc(Cl)cc1Cl)c1ccccc1. The van der Waals surface area contributed by atoms with Crippen molar-refractivity contribution in [3.05, 3.63) is 63.1 Å². The summed E-state index contributed by atoms with van der Waals surface area (Å²) in [6.07, 6.45) is 0. The minimum atomic E-state index is -0.228. The third-order valence-corrected chi connectivity index (χ3v) is 3.95. The van der Waals surface area contributed by atoms with E-state index in [-0.39, 0.29) is 18.5 Å². The van der Waals surface area contributed by atoms with Crippen LogP contribution in [0.3, 0.4) is 0 Å². The largest absolute Gasteiger partial charge is 0.322 e. The van der Waals surface area contributed by atoms with Crippen LogP contribution in [0.1, 0.15) is 18.5 Å². The van der Waals surface area contributed by atoms with Gasteiger partial charge in [-0.3, -0.25) is 4.79 Å². The highest BCUT2D eigenvalue weighted by atomic mass is 35.5. The summed E-state index contributed by atoms with van der Waals surface area (Å²) >= 11 is 17.9. The first-order valence-corrected chi connectivity index (χ1v) is 7.83. The molecule has 0 aliphatic heterocycles. The van der Waals surface area contributed by atoms with E-state index in [9.17, 15) is 4.79 Å². The van der Waals surface area contributed by atoms with Gasteiger partial charge in [-0.05, 0) is 24.6 Å². The molecule has 2 aromatic carbocycles. The Labute approximate surface area is 144 Å². The van der Waals surface area contributed by atoms with Crippen LogP contribution in [0, 0.1) is 0 Å². The van der Waals surface area contributed by atoms with Crippen LogP contribution in [-0.4, -0.2) is 12.5 Å². The van der Waals surface area contributed by atoms with Crippen LogP contribution in [0.2, 0.25) is 15.1 Å². The molecule has 22 heavy (non-hydrogen) atoms. The van der Waals surface area contributed by atoms with E-state index in [2.05, 4.69) is 10.6 Å². The fraction of sp³-hybridized carbons (Fsp3) is 0.188. The fourth-order valence-corrected chi connectivity index (χ4v) is 2.86. The number of anilines is 1. The third kappa shape index (κ3) is 4.62. The Morgan fingerprint density at radius 3 is 2.27 bits per heavy atom. The molecule has 116 valence electrons. The van der Waals surface area contributed by atoms with Gasteiger partial charge < -0.3 is 10.6 Å². The average Bonchev–Trinajstić information content (AvgIpc) is 2.49. The van der Waals surface area contributed by atoms with Gasteiger partial charge in [0.25, 0.3) is 0 Å². The molecular weight excluding hydrogens is 343 g/mol. The molecule has 0 radical (unpaired) electrons. The van der Waals surface area contributed by atoms with E-state index < -0.39 is 0 Å². The van der Waals surface area contributed by atoms with Crippen molar-refractivity contribution in [2.24, 2.45) is 0 Å². The summed E-state index contributed by atoms with van der Waals surface area (Å²) in [6.45, 7) is 2.14. The van der Waals surface area contributed by atoms with E-state index in [4.69, 9.17) is 34.8 Å². The molecule has 1 amide bonds. The minimum Gasteiger partial charge on any atom is -0.322 e. The standard InChI is InChI=1S/C16H15Cl3N2O/c1-10(11-5-3-2-4-6-11)20-9-15(22)21-16-13(18)7-12(17)8-14(16)19/h2-8,10,20H,9H2,1H3,(H,21,22)/t10-/m1/s1. The molecule has 6 heteroatoms. The van der Waals surface area contributed by atoms with Gasteiger partial charge in [0.05, 0.1) is 22.3 Å². The van der Waals surface area contributed by atoms with Gasteiger partial charge in [-0.2, -0.15) is 0 Å². The average molecular weight is 358 g/mol. The molecule has 0 spiro atoms. The van der Waals surface area contributed by atoms with E-state index in [1.807, 2.05) is 37.3 Å². The molecule has 0 saturated carbocycles. The zero-order chi connectivity index (χ0) is 16.1. The molecular formula is C16H15Cl3N2O. The van der Waals surface area contributed by atoms with Gasteiger partial charge in [0.2, 0.25) is 5.91 Å². The van der Waals surface area contributed by atoms with Crippen LogP contribution in [0.5, 0.6) is 0 Å². The molecule has 2 rings (SSSR count). The molecule has 1 atom stereocenters. The molecule has 2 aromatic rings. The quantitative estimate of drug-likeness (QED) is 0.796. The number of hydrogen-bond donors (Lipinski definition) is 2. The summed E-state index contributed by atoms with van der Waals surface area (Å²) in [4.78, 5) is 12.0. The summed E-state index contributed by atoms with van der Waals surface area (Å²) in [7, 11) is 0. The first-order chi connectivity index (χ1) is 10.5. The normalized spacial score (nSPS) is 12.0. The molecule has 3 nitrogen and oxygen atoms in total. The maximum atomic E-state index is 12.0. The van der Waals surface area contributed by atoms with Crippen molar-refractivity contribution in [2.75, 3.05) is 11.9 Å². The van der Waals surface area contributed by atoms with Crippen molar-refractivity contribution >= 4 is 46.4 Å². The summed E-state index contributed by atoms with van der Waals surface area (Å²) in [6, 6.07) is 13.0. The monoisotopic (exact) mass is 356 g/mol. The second kappa shape index (κ2) is 7.84. The molecule has 0 saturated heterocycles. The number of benzene rings is 2. The Balaban J connectivity index is 1.94. The number of amides is 1. The van der Waals surface area contributed by atoms with Crippen LogP contribution in [0.15, 0.2) is 42.5 Å². The summed E-state index contributed by atoms with van der Waals surface area (Å²) in [5, 5.41) is 6.87. The van der Waals surface area contributed by atoms with E-state index in [1.165, 1.54) is 12.1 Å². The highest BCUT2D eigenvalue weighted by Gasteiger charge is 2.12. The molecule has 0 unspecified atom stereocenters. The van der Waals surface area contributed by atoms with Gasteiger partial charge >= 0.3 is 0 Å². The number of halogens is 3. The van der Waals surface area contributed by atoms with E-state index in [0.29, 0.717) is 20.8 Å². The van der Waals surface area contributed by atoms with Crippen molar-refractivity contribution in [1.29, 1.82) is 0 Å². The van der Waals surface area contributed by atoms with Crippen LogP contribution in [0.4, 0.5) is 5.69 Å². The van der Waals surface area contributed by atoms with Crippen LogP contribution < -0.4 is 10.6 Å². The van der Waals surface area contributed by atoms with Crippen molar-refractivity contribution in [3.63, 3.8) is 0 Å². The zero-order valence-corrected chi connectivity index (χ0v) is 14.1. The predicted octanol–water partition coefficient (Wildman–Crippen LogP) is 4.94. The Morgan fingerprint density at radius 1 is 1.09 bits per heavy atom. The second-order valence-corrected chi connectivity index (χ2v) is 6.06. The maximum absolute atomic E-state index is 12.0. The number of hydrogen-bond acceptors (Lipinski definition) is 2. The first-order valence-electron chi connectivity index (χ1n) is 6.70. The first kappa shape index (κ1) is 17.1. The molecule has 0 aromatic heterocycles. The van der Waals surface area contributed by atoms with E-state index in [0.717, 1.165) is 5.56 Å². The van der Waals surface area contributed by atoms with Crippen molar-refractivity contribution in [1.82, 2.24) is 5.32 Å². The fourth-order valence-electron chi connectivity index (χ4n) is 1.95. The van der Waals surface area contributed by atoms with Gasteiger partial charge in [0, 0.05) is 11.1 Å². The Bertz CT molecular complexity index is 639. The maximum Gasteiger partial charge on any atom is 0.238 e. The highest BCUT2D eigenvalue weighted by molar-refractivity contribution is 6.42. The van der Waals surface area contributed by atoms with Crippen molar-refractivity contribution in [2.45, 2.75) is 13.0 Å². The van der Waals surface area contributed by atoms with Crippen LogP contribution in [0.25, 0.3) is 0 Å². The van der Waals surface area contributed by atoms with Gasteiger partial charge in [0.1, 0.15) is 0 Å². The second-order valence-electron chi connectivity index (χ2n) is 4.81. The minimum absolute atomic E-state index is 0.0584. The lowest BCUT2D eigenvalue weighted by Crippen LogP contribution is -2.30. The van der Waals surface area contributed by atoms with Crippen molar-refractivity contribution < 1.29 is 4.79 Å². The number of nitrogens with one attached hydrogen (secondary N) is 2. The highest BCUT2D eigenvalue weighted by Crippen LogP contribution is 2.33. The smallest absolute Gasteiger partial charge is 0.238 e. The van der Waals surface area contributed by atoms with Gasteiger partial charge in [0.15, 0.2) is 0 Å². The number of carbonyl (C=O) groups is 1. The molecule has 0 bridgehead atoms. The lowest BCUT2D eigenvalue weighted by molar-refractivity contribution is -0.115. The number of rotatable bonds is 5. The molecule has 2 N–H and O–H groups in total. The lowest BCUT2D eigenvalue weighted by atomic mass is 10.1. The van der Waals surface area contributed by atoms with E-state index >= 15 is 0 Å². The number of carbonyl (C=O) groups excluding carboxylic acids is 1. The van der Waals surface area contributed by atoms with Gasteiger partial charge in [-0.15, -0.1) is 0 Å². The van der Waals surface area contributed by atoms with Crippen molar-refractivity contribution in [3.8, 4) is 0 Å². The molecule has 0 aliphatic carbocycles.